The van der Waals surface area contributed by atoms with Gasteiger partial charge in [-0.3, -0.25) is 4.79 Å². The van der Waals surface area contributed by atoms with Crippen LogP contribution in [0.5, 0.6) is 0 Å². The molecule has 0 aromatic heterocycles. The average Bonchev–Trinajstić information content (AvgIpc) is 3.09. The monoisotopic (exact) mass is 350 g/mol. The van der Waals surface area contributed by atoms with E-state index in [1.54, 1.807) is 24.3 Å². The third-order valence-corrected chi connectivity index (χ3v) is 6.82. The van der Waals surface area contributed by atoms with Crippen molar-refractivity contribution in [3.63, 3.8) is 0 Å². The number of nitrogens with zero attached hydrogens (tertiary/aromatic N) is 2. The minimum atomic E-state index is -3.48. The van der Waals surface area contributed by atoms with E-state index < -0.39 is 10.0 Å². The maximum Gasteiger partial charge on any atom is 0.253 e. The van der Waals surface area contributed by atoms with Gasteiger partial charge in [0.1, 0.15) is 0 Å². The SMILES string of the molecule is O=C(c1cccc(S(=O)(=O)N2CCCC2)c1)N1CCCCCCC1. The van der Waals surface area contributed by atoms with E-state index in [-0.39, 0.29) is 10.8 Å². The number of hydrogen-bond donors (Lipinski definition) is 0. The molecule has 0 N–H and O–H groups in total. The van der Waals surface area contributed by atoms with Crippen LogP contribution in [-0.2, 0) is 10.0 Å². The van der Waals surface area contributed by atoms with Gasteiger partial charge in [-0.2, -0.15) is 4.31 Å². The number of likely N-dealkylation sites (tertiary alicyclic amines) is 1. The van der Waals surface area contributed by atoms with Gasteiger partial charge in [-0.15, -0.1) is 0 Å². The topological polar surface area (TPSA) is 57.7 Å². The van der Waals surface area contributed by atoms with Crippen LogP contribution >= 0.6 is 0 Å². The standard InChI is InChI=1S/C18H26N2O3S/c21-18(19-11-4-2-1-3-5-12-19)16-9-8-10-17(15-16)24(22,23)20-13-6-7-14-20/h8-10,15H,1-7,11-14H2. The second-order valence-corrected chi connectivity index (χ2v) is 8.64. The number of amides is 1. The third kappa shape index (κ3) is 3.81. The van der Waals surface area contributed by atoms with E-state index in [0.717, 1.165) is 51.6 Å². The van der Waals surface area contributed by atoms with E-state index in [1.807, 2.05) is 4.90 Å². The molecule has 132 valence electrons. The predicted molar refractivity (Wildman–Crippen MR) is 93.4 cm³/mol. The fourth-order valence-electron chi connectivity index (χ4n) is 3.50. The summed E-state index contributed by atoms with van der Waals surface area (Å²) in [6, 6.07) is 6.55. The number of carbonyl (C=O) groups is 1. The molecule has 5 nitrogen and oxygen atoms in total. The highest BCUT2D eigenvalue weighted by molar-refractivity contribution is 7.89. The van der Waals surface area contributed by atoms with Gasteiger partial charge in [0.2, 0.25) is 10.0 Å². The van der Waals surface area contributed by atoms with Gasteiger partial charge in [-0.25, -0.2) is 8.42 Å². The lowest BCUT2D eigenvalue weighted by molar-refractivity contribution is 0.0742. The Kier molecular flexibility index (Phi) is 5.56. The van der Waals surface area contributed by atoms with Gasteiger partial charge < -0.3 is 4.90 Å². The van der Waals surface area contributed by atoms with Crippen LogP contribution in [0, 0.1) is 0 Å². The van der Waals surface area contributed by atoms with Gasteiger partial charge in [0.05, 0.1) is 4.90 Å². The Labute approximate surface area is 144 Å². The molecule has 6 heteroatoms. The number of benzene rings is 1. The molecule has 2 heterocycles. The van der Waals surface area contributed by atoms with E-state index in [1.165, 1.54) is 10.7 Å². The highest BCUT2D eigenvalue weighted by atomic mass is 32.2. The lowest BCUT2D eigenvalue weighted by atomic mass is 10.1. The zero-order valence-corrected chi connectivity index (χ0v) is 14.9. The van der Waals surface area contributed by atoms with Crippen LogP contribution in [0.15, 0.2) is 29.2 Å². The first-order chi connectivity index (χ1) is 11.6. The van der Waals surface area contributed by atoms with Crippen molar-refractivity contribution in [3.8, 4) is 0 Å². The van der Waals surface area contributed by atoms with Crippen molar-refractivity contribution < 1.29 is 13.2 Å². The van der Waals surface area contributed by atoms with Crippen molar-refractivity contribution in [2.45, 2.75) is 49.8 Å². The molecule has 2 aliphatic heterocycles. The maximum atomic E-state index is 12.8. The first-order valence-corrected chi connectivity index (χ1v) is 10.4. The van der Waals surface area contributed by atoms with E-state index in [9.17, 15) is 13.2 Å². The molecule has 2 aliphatic rings. The van der Waals surface area contributed by atoms with Gasteiger partial charge >= 0.3 is 0 Å². The van der Waals surface area contributed by atoms with Gasteiger partial charge in [0.15, 0.2) is 0 Å². The molecule has 1 aromatic rings. The van der Waals surface area contributed by atoms with Crippen LogP contribution in [-0.4, -0.2) is 49.7 Å². The zero-order chi connectivity index (χ0) is 17.0. The summed E-state index contributed by atoms with van der Waals surface area (Å²) >= 11 is 0. The molecule has 2 fully saturated rings. The highest BCUT2D eigenvalue weighted by Crippen LogP contribution is 2.22. The molecule has 0 saturated carbocycles. The van der Waals surface area contributed by atoms with Crippen LogP contribution in [0.25, 0.3) is 0 Å². The molecule has 0 bridgehead atoms. The van der Waals surface area contributed by atoms with Crippen molar-refractivity contribution in [2.24, 2.45) is 0 Å². The van der Waals surface area contributed by atoms with Gasteiger partial charge in [0, 0.05) is 31.7 Å². The number of carbonyl (C=O) groups excluding carboxylic acids is 1. The summed E-state index contributed by atoms with van der Waals surface area (Å²) in [5, 5.41) is 0. The normalized spacial score (nSPS) is 20.6. The fraction of sp³-hybridized carbons (Fsp3) is 0.611. The van der Waals surface area contributed by atoms with Crippen molar-refractivity contribution in [1.82, 2.24) is 9.21 Å². The molecule has 0 atom stereocenters. The quantitative estimate of drug-likeness (QED) is 0.842. The molecule has 3 rings (SSSR count). The molecular formula is C18H26N2O3S. The second-order valence-electron chi connectivity index (χ2n) is 6.70. The van der Waals surface area contributed by atoms with Gasteiger partial charge in [-0.05, 0) is 43.9 Å². The maximum absolute atomic E-state index is 12.8. The summed E-state index contributed by atoms with van der Waals surface area (Å²) < 4.78 is 26.9. The first-order valence-electron chi connectivity index (χ1n) is 8.98. The van der Waals surface area contributed by atoms with Crippen molar-refractivity contribution in [3.05, 3.63) is 29.8 Å². The minimum Gasteiger partial charge on any atom is -0.339 e. The molecule has 0 aliphatic carbocycles. The lowest BCUT2D eigenvalue weighted by Gasteiger charge is -2.25. The summed E-state index contributed by atoms with van der Waals surface area (Å²) in [5.74, 6) is -0.0460. The zero-order valence-electron chi connectivity index (χ0n) is 14.1. The Morgan fingerprint density at radius 2 is 1.42 bits per heavy atom. The number of sulfonamides is 1. The Hall–Kier alpha value is -1.40. The Morgan fingerprint density at radius 3 is 2.08 bits per heavy atom. The summed E-state index contributed by atoms with van der Waals surface area (Å²) in [7, 11) is -3.48. The van der Waals surface area contributed by atoms with Crippen LogP contribution < -0.4 is 0 Å². The lowest BCUT2D eigenvalue weighted by Crippen LogP contribution is -2.34. The number of hydrogen-bond acceptors (Lipinski definition) is 3. The fourth-order valence-corrected chi connectivity index (χ4v) is 5.06. The van der Waals surface area contributed by atoms with Crippen LogP contribution in [0.4, 0.5) is 0 Å². The Morgan fingerprint density at radius 1 is 0.833 bits per heavy atom. The van der Waals surface area contributed by atoms with Gasteiger partial charge in [-0.1, -0.05) is 25.3 Å². The molecular weight excluding hydrogens is 324 g/mol. The molecule has 2 saturated heterocycles. The average molecular weight is 350 g/mol. The molecule has 1 amide bonds. The summed E-state index contributed by atoms with van der Waals surface area (Å²) in [5.41, 5.74) is 0.482. The molecule has 0 radical (unpaired) electrons. The smallest absolute Gasteiger partial charge is 0.253 e. The minimum absolute atomic E-state index is 0.0460. The highest BCUT2D eigenvalue weighted by Gasteiger charge is 2.28. The van der Waals surface area contributed by atoms with Crippen molar-refractivity contribution >= 4 is 15.9 Å². The van der Waals surface area contributed by atoms with Crippen LogP contribution in [0.2, 0.25) is 0 Å². The van der Waals surface area contributed by atoms with E-state index >= 15 is 0 Å². The van der Waals surface area contributed by atoms with E-state index in [0.29, 0.717) is 18.7 Å². The van der Waals surface area contributed by atoms with Gasteiger partial charge in [0.25, 0.3) is 5.91 Å². The summed E-state index contributed by atoms with van der Waals surface area (Å²) in [6.07, 6.45) is 7.43. The second kappa shape index (κ2) is 7.66. The van der Waals surface area contributed by atoms with Crippen molar-refractivity contribution in [2.75, 3.05) is 26.2 Å². The molecule has 0 spiro atoms. The van der Waals surface area contributed by atoms with Crippen LogP contribution in [0.3, 0.4) is 0 Å². The molecule has 24 heavy (non-hydrogen) atoms. The summed E-state index contributed by atoms with van der Waals surface area (Å²) in [6.45, 7) is 2.68. The molecule has 1 aromatic carbocycles. The number of rotatable bonds is 3. The van der Waals surface area contributed by atoms with E-state index in [4.69, 9.17) is 0 Å². The largest absolute Gasteiger partial charge is 0.339 e. The predicted octanol–water partition coefficient (Wildman–Crippen LogP) is 2.88. The van der Waals surface area contributed by atoms with E-state index in [2.05, 4.69) is 0 Å². The van der Waals surface area contributed by atoms with Crippen molar-refractivity contribution in [1.29, 1.82) is 0 Å². The Balaban J connectivity index is 1.80. The first kappa shape index (κ1) is 17.4. The molecule has 0 unspecified atom stereocenters. The Bertz CT molecular complexity index is 673. The summed E-state index contributed by atoms with van der Waals surface area (Å²) in [4.78, 5) is 14.9. The third-order valence-electron chi connectivity index (χ3n) is 4.93. The van der Waals surface area contributed by atoms with Crippen LogP contribution in [0.1, 0.15) is 55.3 Å².